The molecule has 7 heteroatoms. The van der Waals surface area contributed by atoms with Crippen molar-refractivity contribution in [3.63, 3.8) is 0 Å². The summed E-state index contributed by atoms with van der Waals surface area (Å²) in [5.74, 6) is -0.154. The number of halogens is 2. The van der Waals surface area contributed by atoms with E-state index < -0.39 is 0 Å². The molecule has 2 heterocycles. The van der Waals surface area contributed by atoms with Gasteiger partial charge in [-0.1, -0.05) is 6.07 Å². The summed E-state index contributed by atoms with van der Waals surface area (Å²) in [4.78, 5) is 14.6. The predicted octanol–water partition coefficient (Wildman–Crippen LogP) is 4.06. The number of rotatable bonds is 4. The van der Waals surface area contributed by atoms with Crippen molar-refractivity contribution in [1.29, 1.82) is 0 Å². The Hall–Kier alpha value is -3.22. The number of hydrogen-bond donors (Lipinski definition) is 2. The van der Waals surface area contributed by atoms with Crippen LogP contribution in [0.15, 0.2) is 48.5 Å². The number of nitrogens with zero attached hydrogens (tertiary/aromatic N) is 2. The van der Waals surface area contributed by atoms with Crippen LogP contribution in [-0.2, 0) is 0 Å². The summed E-state index contributed by atoms with van der Waals surface area (Å²) in [5, 5.41) is 10.4. The zero-order valence-electron chi connectivity index (χ0n) is 16.1. The van der Waals surface area contributed by atoms with Crippen LogP contribution < -0.4 is 10.2 Å². The van der Waals surface area contributed by atoms with Crippen LogP contribution >= 0.6 is 0 Å². The van der Waals surface area contributed by atoms with Crippen LogP contribution in [0.2, 0.25) is 0 Å². The van der Waals surface area contributed by atoms with E-state index in [1.807, 2.05) is 6.07 Å². The zero-order valence-corrected chi connectivity index (χ0v) is 16.1. The molecular weight excluding hydrogens is 374 g/mol. The maximum Gasteiger partial charge on any atom is 0.251 e. The van der Waals surface area contributed by atoms with Crippen molar-refractivity contribution in [2.75, 3.05) is 18.0 Å². The van der Waals surface area contributed by atoms with E-state index in [0.29, 0.717) is 17.7 Å². The highest BCUT2D eigenvalue weighted by atomic mass is 19.1. The molecule has 1 fully saturated rings. The summed E-state index contributed by atoms with van der Waals surface area (Å²) in [6, 6.07) is 12.6. The molecule has 1 aromatic heterocycles. The molecule has 0 unspecified atom stereocenters. The van der Waals surface area contributed by atoms with Crippen LogP contribution in [0.5, 0.6) is 0 Å². The maximum atomic E-state index is 13.7. The summed E-state index contributed by atoms with van der Waals surface area (Å²) in [6.45, 7) is 3.12. The molecule has 2 aromatic carbocycles. The molecule has 0 spiro atoms. The van der Waals surface area contributed by atoms with Gasteiger partial charge in [-0.25, -0.2) is 8.78 Å². The van der Waals surface area contributed by atoms with Gasteiger partial charge in [0.1, 0.15) is 11.6 Å². The molecular formula is C22H22F2N4O. The van der Waals surface area contributed by atoms with Crippen molar-refractivity contribution in [2.45, 2.75) is 25.8 Å². The van der Waals surface area contributed by atoms with E-state index in [9.17, 15) is 13.6 Å². The van der Waals surface area contributed by atoms with E-state index >= 15 is 0 Å². The monoisotopic (exact) mass is 396 g/mol. The van der Waals surface area contributed by atoms with Gasteiger partial charge in [0.15, 0.2) is 5.82 Å². The number of aromatic amines is 1. The predicted molar refractivity (Wildman–Crippen MR) is 108 cm³/mol. The van der Waals surface area contributed by atoms with Gasteiger partial charge in [-0.15, -0.1) is 0 Å². The number of H-pyrrole nitrogens is 1. The number of amides is 1. The van der Waals surface area contributed by atoms with E-state index in [-0.39, 0.29) is 23.6 Å². The minimum absolute atomic E-state index is 0.0495. The molecule has 29 heavy (non-hydrogen) atoms. The van der Waals surface area contributed by atoms with Crippen LogP contribution in [0.1, 0.15) is 28.8 Å². The average molecular weight is 396 g/mol. The van der Waals surface area contributed by atoms with Gasteiger partial charge in [0, 0.05) is 30.8 Å². The van der Waals surface area contributed by atoms with Crippen LogP contribution in [0, 0.1) is 18.6 Å². The molecule has 2 N–H and O–H groups in total. The Morgan fingerprint density at radius 2 is 1.97 bits per heavy atom. The lowest BCUT2D eigenvalue weighted by Gasteiger charge is -2.33. The Morgan fingerprint density at radius 1 is 1.17 bits per heavy atom. The first-order valence-corrected chi connectivity index (χ1v) is 9.63. The van der Waals surface area contributed by atoms with Crippen LogP contribution in [-0.4, -0.2) is 35.2 Å². The van der Waals surface area contributed by atoms with Gasteiger partial charge in [-0.05, 0) is 67.3 Å². The van der Waals surface area contributed by atoms with E-state index in [1.165, 1.54) is 18.2 Å². The molecule has 4 rings (SSSR count). The lowest BCUT2D eigenvalue weighted by atomic mass is 10.0. The van der Waals surface area contributed by atoms with Gasteiger partial charge < -0.3 is 10.2 Å². The molecule has 1 atom stereocenters. The zero-order chi connectivity index (χ0) is 20.4. The lowest BCUT2D eigenvalue weighted by Crippen LogP contribution is -2.48. The minimum atomic E-state index is -0.382. The number of carbonyl (C=O) groups excluding carboxylic acids is 1. The Labute approximate surface area is 167 Å². The molecule has 3 aromatic rings. The van der Waals surface area contributed by atoms with E-state index in [4.69, 9.17) is 0 Å². The van der Waals surface area contributed by atoms with Crippen molar-refractivity contribution in [1.82, 2.24) is 15.5 Å². The quantitative estimate of drug-likeness (QED) is 0.699. The third kappa shape index (κ3) is 4.29. The van der Waals surface area contributed by atoms with Crippen molar-refractivity contribution in [2.24, 2.45) is 0 Å². The fourth-order valence-electron chi connectivity index (χ4n) is 3.56. The van der Waals surface area contributed by atoms with Crippen molar-refractivity contribution < 1.29 is 13.6 Å². The summed E-state index contributed by atoms with van der Waals surface area (Å²) in [6.07, 6.45) is 1.76. The normalized spacial score (nSPS) is 16.7. The smallest absolute Gasteiger partial charge is 0.251 e. The SMILES string of the molecule is Cc1ccc(C(=O)N[C@@H]2CCCN(c3cc(-c4ccc(F)cc4)[nH]n3)C2)cc1F. The highest BCUT2D eigenvalue weighted by Crippen LogP contribution is 2.24. The molecule has 0 aliphatic carbocycles. The Bertz CT molecular complexity index is 1020. The third-order valence-electron chi connectivity index (χ3n) is 5.23. The first-order chi connectivity index (χ1) is 14.0. The number of piperidine rings is 1. The highest BCUT2D eigenvalue weighted by Gasteiger charge is 2.24. The number of hydrogen-bond acceptors (Lipinski definition) is 3. The fraction of sp³-hybridized carbons (Fsp3) is 0.273. The molecule has 5 nitrogen and oxygen atoms in total. The number of carbonyl (C=O) groups is 1. The molecule has 0 saturated carbocycles. The van der Waals surface area contributed by atoms with E-state index in [0.717, 1.165) is 36.5 Å². The molecule has 1 aliphatic heterocycles. The Morgan fingerprint density at radius 3 is 2.72 bits per heavy atom. The van der Waals surface area contributed by atoms with Crippen molar-refractivity contribution in [3.05, 3.63) is 71.3 Å². The largest absolute Gasteiger partial charge is 0.353 e. The summed E-state index contributed by atoms with van der Waals surface area (Å²) in [5.41, 5.74) is 2.50. The molecule has 1 saturated heterocycles. The molecule has 0 radical (unpaired) electrons. The van der Waals surface area contributed by atoms with Gasteiger partial charge in [0.25, 0.3) is 5.91 Å². The third-order valence-corrected chi connectivity index (χ3v) is 5.23. The topological polar surface area (TPSA) is 61.0 Å². The second kappa shape index (κ2) is 8.03. The number of benzene rings is 2. The number of aromatic nitrogens is 2. The first kappa shape index (κ1) is 19.1. The highest BCUT2D eigenvalue weighted by molar-refractivity contribution is 5.94. The lowest BCUT2D eigenvalue weighted by molar-refractivity contribution is 0.0932. The molecule has 1 aliphatic rings. The van der Waals surface area contributed by atoms with Crippen LogP contribution in [0.25, 0.3) is 11.3 Å². The maximum absolute atomic E-state index is 13.7. The van der Waals surface area contributed by atoms with Gasteiger partial charge in [0.2, 0.25) is 0 Å². The van der Waals surface area contributed by atoms with Crippen molar-refractivity contribution in [3.8, 4) is 11.3 Å². The summed E-state index contributed by atoms with van der Waals surface area (Å²) >= 11 is 0. The van der Waals surface area contributed by atoms with Gasteiger partial charge in [0.05, 0.1) is 5.69 Å². The Balaban J connectivity index is 1.42. The summed E-state index contributed by atoms with van der Waals surface area (Å²) in [7, 11) is 0. The second-order valence-electron chi connectivity index (χ2n) is 7.37. The van der Waals surface area contributed by atoms with E-state index in [2.05, 4.69) is 20.4 Å². The molecule has 0 bridgehead atoms. The van der Waals surface area contributed by atoms with Crippen molar-refractivity contribution >= 4 is 11.7 Å². The number of anilines is 1. The van der Waals surface area contributed by atoms with Gasteiger partial charge in [-0.3, -0.25) is 9.89 Å². The van der Waals surface area contributed by atoms with Crippen LogP contribution in [0.3, 0.4) is 0 Å². The Kier molecular flexibility index (Phi) is 5.29. The average Bonchev–Trinajstić information content (AvgIpc) is 3.21. The molecule has 1 amide bonds. The van der Waals surface area contributed by atoms with Gasteiger partial charge in [-0.2, -0.15) is 5.10 Å². The second-order valence-corrected chi connectivity index (χ2v) is 7.37. The summed E-state index contributed by atoms with van der Waals surface area (Å²) < 4.78 is 26.9. The minimum Gasteiger partial charge on any atom is -0.353 e. The molecule has 150 valence electrons. The van der Waals surface area contributed by atoms with Crippen LogP contribution in [0.4, 0.5) is 14.6 Å². The number of aryl methyl sites for hydroxylation is 1. The number of nitrogens with one attached hydrogen (secondary N) is 2. The van der Waals surface area contributed by atoms with E-state index in [1.54, 1.807) is 31.2 Å². The standard InChI is InChI=1S/C22H22F2N4O/c1-14-4-5-16(11-19(14)24)22(29)25-18-3-2-10-28(13-18)21-12-20(26-27-21)15-6-8-17(23)9-7-15/h4-9,11-12,18H,2-3,10,13H2,1H3,(H,25,29)(H,26,27)/t18-/m1/s1. The van der Waals surface area contributed by atoms with Gasteiger partial charge >= 0.3 is 0 Å². The first-order valence-electron chi connectivity index (χ1n) is 9.63. The fourth-order valence-corrected chi connectivity index (χ4v) is 3.56.